The molecule has 1 N–H and O–H groups in total. The van der Waals surface area contributed by atoms with Crippen molar-refractivity contribution in [3.05, 3.63) is 22.4 Å². The normalized spacial score (nSPS) is 23.2. The molecule has 98 valence electrons. The van der Waals surface area contributed by atoms with Crippen LogP contribution in [-0.2, 0) is 0 Å². The van der Waals surface area contributed by atoms with E-state index in [2.05, 4.69) is 5.32 Å². The Kier molecular flexibility index (Phi) is 3.39. The van der Waals surface area contributed by atoms with Crippen molar-refractivity contribution in [1.29, 1.82) is 0 Å². The van der Waals surface area contributed by atoms with E-state index in [1.54, 1.807) is 11.3 Å². The third kappa shape index (κ3) is 2.31. The first kappa shape index (κ1) is 12.2. The van der Waals surface area contributed by atoms with Gasteiger partial charge in [-0.25, -0.2) is 0 Å². The molecule has 2 aliphatic heterocycles. The average Bonchev–Trinajstić information content (AvgIpc) is 2.94. The quantitative estimate of drug-likeness (QED) is 0.844. The molecule has 2 saturated heterocycles. The number of piperidine rings is 2. The molecular weight excluding hydrogens is 244 g/mol. The molecule has 0 unspecified atom stereocenters. The highest BCUT2D eigenvalue weighted by Gasteiger charge is 2.36. The number of nitrogens with one attached hydrogen (secondary N) is 1. The molecule has 1 aromatic heterocycles. The molecule has 1 amide bonds. The van der Waals surface area contributed by atoms with Crippen LogP contribution < -0.4 is 5.32 Å². The Morgan fingerprint density at radius 3 is 2.56 bits per heavy atom. The third-order valence-corrected chi connectivity index (χ3v) is 5.23. The van der Waals surface area contributed by atoms with Crippen molar-refractivity contribution in [2.45, 2.75) is 25.7 Å². The van der Waals surface area contributed by atoms with Gasteiger partial charge in [0.2, 0.25) is 0 Å². The van der Waals surface area contributed by atoms with Crippen LogP contribution in [0.25, 0.3) is 0 Å². The van der Waals surface area contributed by atoms with Crippen LogP contribution in [-0.4, -0.2) is 37.0 Å². The van der Waals surface area contributed by atoms with Crippen LogP contribution in [0.3, 0.4) is 0 Å². The van der Waals surface area contributed by atoms with Gasteiger partial charge >= 0.3 is 0 Å². The Labute approximate surface area is 112 Å². The zero-order chi connectivity index (χ0) is 12.4. The van der Waals surface area contributed by atoms with Crippen molar-refractivity contribution >= 4 is 17.2 Å². The molecule has 0 aliphatic carbocycles. The molecule has 0 atom stereocenters. The maximum Gasteiger partial charge on any atom is 0.254 e. The number of thiophene rings is 1. The predicted molar refractivity (Wildman–Crippen MR) is 74.0 cm³/mol. The standard InChI is InChI=1S/C14H20N2OS/c17-13(12-1-10-18-11-12)16-8-4-14(5-9-16)2-6-15-7-3-14/h1,10-11,15H,2-9H2. The highest BCUT2D eigenvalue weighted by molar-refractivity contribution is 7.08. The summed E-state index contributed by atoms with van der Waals surface area (Å²) in [5.41, 5.74) is 1.39. The minimum absolute atomic E-state index is 0.222. The van der Waals surface area contributed by atoms with E-state index in [9.17, 15) is 4.79 Å². The smallest absolute Gasteiger partial charge is 0.254 e. The molecule has 0 radical (unpaired) electrons. The summed E-state index contributed by atoms with van der Waals surface area (Å²) in [6.07, 6.45) is 4.94. The zero-order valence-electron chi connectivity index (χ0n) is 10.7. The fourth-order valence-electron chi connectivity index (χ4n) is 3.21. The molecule has 1 aromatic rings. The number of carbonyl (C=O) groups excluding carboxylic acids is 1. The van der Waals surface area contributed by atoms with Gasteiger partial charge in [0.1, 0.15) is 0 Å². The first-order chi connectivity index (χ1) is 8.79. The van der Waals surface area contributed by atoms with E-state index >= 15 is 0 Å². The summed E-state index contributed by atoms with van der Waals surface area (Å²) in [4.78, 5) is 14.3. The van der Waals surface area contributed by atoms with Crippen molar-refractivity contribution < 1.29 is 4.79 Å². The monoisotopic (exact) mass is 264 g/mol. The van der Waals surface area contributed by atoms with Crippen LogP contribution >= 0.6 is 11.3 Å². The predicted octanol–water partition coefficient (Wildman–Crippen LogP) is 2.35. The van der Waals surface area contributed by atoms with Gasteiger partial charge in [0, 0.05) is 18.5 Å². The van der Waals surface area contributed by atoms with Crippen LogP contribution in [0, 0.1) is 5.41 Å². The Morgan fingerprint density at radius 1 is 1.22 bits per heavy atom. The summed E-state index contributed by atoms with van der Waals surface area (Å²) in [7, 11) is 0. The first-order valence-electron chi connectivity index (χ1n) is 6.81. The Hall–Kier alpha value is -0.870. The van der Waals surface area contributed by atoms with Crippen LogP contribution in [0.1, 0.15) is 36.0 Å². The molecule has 3 nitrogen and oxygen atoms in total. The maximum absolute atomic E-state index is 12.3. The first-order valence-corrected chi connectivity index (χ1v) is 7.76. The lowest BCUT2D eigenvalue weighted by molar-refractivity contribution is 0.0496. The summed E-state index contributed by atoms with van der Waals surface area (Å²) >= 11 is 1.60. The molecular formula is C14H20N2OS. The topological polar surface area (TPSA) is 32.3 Å². The van der Waals surface area contributed by atoms with E-state index in [-0.39, 0.29) is 5.91 Å². The van der Waals surface area contributed by atoms with Crippen molar-refractivity contribution in [3.63, 3.8) is 0 Å². The van der Waals surface area contributed by atoms with Crippen molar-refractivity contribution in [2.75, 3.05) is 26.2 Å². The van der Waals surface area contributed by atoms with Gasteiger partial charge in [-0.05, 0) is 55.6 Å². The van der Waals surface area contributed by atoms with Crippen molar-refractivity contribution in [2.24, 2.45) is 5.41 Å². The summed E-state index contributed by atoms with van der Waals surface area (Å²) in [5, 5.41) is 7.37. The Bertz CT molecular complexity index is 399. The summed E-state index contributed by atoms with van der Waals surface area (Å²) in [6.45, 7) is 4.18. The number of amides is 1. The van der Waals surface area contributed by atoms with Gasteiger partial charge in [-0.3, -0.25) is 4.79 Å². The molecule has 3 heterocycles. The zero-order valence-corrected chi connectivity index (χ0v) is 11.5. The molecule has 4 heteroatoms. The van der Waals surface area contributed by atoms with E-state index in [1.807, 2.05) is 21.7 Å². The average molecular weight is 264 g/mol. The Morgan fingerprint density at radius 2 is 1.94 bits per heavy atom. The number of hydrogen-bond acceptors (Lipinski definition) is 3. The summed E-state index contributed by atoms with van der Waals surface area (Å²) in [5.74, 6) is 0.222. The van der Waals surface area contributed by atoms with Crippen LogP contribution in [0.5, 0.6) is 0 Å². The fraction of sp³-hybridized carbons (Fsp3) is 0.643. The lowest BCUT2D eigenvalue weighted by Gasteiger charge is -2.44. The third-order valence-electron chi connectivity index (χ3n) is 4.54. The van der Waals surface area contributed by atoms with Gasteiger partial charge in [-0.2, -0.15) is 11.3 Å². The minimum atomic E-state index is 0.222. The second kappa shape index (κ2) is 5.02. The van der Waals surface area contributed by atoms with Gasteiger partial charge in [0.05, 0.1) is 5.56 Å². The van der Waals surface area contributed by atoms with E-state index < -0.39 is 0 Å². The van der Waals surface area contributed by atoms with Gasteiger partial charge in [0.25, 0.3) is 5.91 Å². The maximum atomic E-state index is 12.3. The van der Waals surface area contributed by atoms with E-state index in [4.69, 9.17) is 0 Å². The number of likely N-dealkylation sites (tertiary alicyclic amines) is 1. The van der Waals surface area contributed by atoms with Crippen LogP contribution in [0.15, 0.2) is 16.8 Å². The minimum Gasteiger partial charge on any atom is -0.339 e. The number of nitrogens with zero attached hydrogens (tertiary/aromatic N) is 1. The summed E-state index contributed by atoms with van der Waals surface area (Å²) < 4.78 is 0. The molecule has 3 rings (SSSR count). The summed E-state index contributed by atoms with van der Waals surface area (Å²) in [6, 6.07) is 1.93. The van der Waals surface area contributed by atoms with Crippen LogP contribution in [0.2, 0.25) is 0 Å². The van der Waals surface area contributed by atoms with Gasteiger partial charge < -0.3 is 10.2 Å². The molecule has 0 aromatic carbocycles. The van der Waals surface area contributed by atoms with E-state index in [1.165, 1.54) is 25.7 Å². The lowest BCUT2D eigenvalue weighted by atomic mass is 9.71. The van der Waals surface area contributed by atoms with Crippen molar-refractivity contribution in [1.82, 2.24) is 10.2 Å². The second-order valence-corrected chi connectivity index (χ2v) is 6.33. The molecule has 2 fully saturated rings. The van der Waals surface area contributed by atoms with Gasteiger partial charge in [-0.1, -0.05) is 0 Å². The number of rotatable bonds is 1. The lowest BCUT2D eigenvalue weighted by Crippen LogP contribution is -2.47. The molecule has 0 saturated carbocycles. The molecule has 2 aliphatic rings. The van der Waals surface area contributed by atoms with Crippen molar-refractivity contribution in [3.8, 4) is 0 Å². The molecule has 18 heavy (non-hydrogen) atoms. The molecule has 1 spiro atoms. The van der Waals surface area contributed by atoms with E-state index in [0.29, 0.717) is 5.41 Å². The fourth-order valence-corrected chi connectivity index (χ4v) is 3.84. The second-order valence-electron chi connectivity index (χ2n) is 5.55. The van der Waals surface area contributed by atoms with Crippen LogP contribution in [0.4, 0.5) is 0 Å². The SMILES string of the molecule is O=C(c1ccsc1)N1CCC2(CCNCC2)CC1. The highest BCUT2D eigenvalue weighted by Crippen LogP contribution is 2.39. The molecule has 0 bridgehead atoms. The van der Waals surface area contributed by atoms with Gasteiger partial charge in [0.15, 0.2) is 0 Å². The largest absolute Gasteiger partial charge is 0.339 e. The van der Waals surface area contributed by atoms with E-state index in [0.717, 1.165) is 31.7 Å². The Balaban J connectivity index is 1.61. The highest BCUT2D eigenvalue weighted by atomic mass is 32.1. The number of carbonyl (C=O) groups is 1. The number of hydrogen-bond donors (Lipinski definition) is 1. The van der Waals surface area contributed by atoms with Gasteiger partial charge in [-0.15, -0.1) is 0 Å².